The summed E-state index contributed by atoms with van der Waals surface area (Å²) in [5.41, 5.74) is 5.44. The fourth-order valence-electron chi connectivity index (χ4n) is 3.04. The van der Waals surface area contributed by atoms with Gasteiger partial charge in [-0.3, -0.25) is 0 Å². The number of hydrogen-bond acceptors (Lipinski definition) is 2. The third-order valence-electron chi connectivity index (χ3n) is 4.24. The van der Waals surface area contributed by atoms with Crippen molar-refractivity contribution >= 4 is 10.9 Å². The van der Waals surface area contributed by atoms with Gasteiger partial charge in [-0.05, 0) is 53.6 Å². The summed E-state index contributed by atoms with van der Waals surface area (Å²) in [5.74, 6) is 1.10. The Bertz CT molecular complexity index is 983. The molecule has 4 aromatic rings. The minimum Gasteiger partial charge on any atom is -0.508 e. The molecule has 0 bridgehead atoms. The summed E-state index contributed by atoms with van der Waals surface area (Å²) in [6, 6.07) is 23.6. The molecule has 0 radical (unpaired) electrons. The Morgan fingerprint density at radius 3 is 2.17 bits per heavy atom. The van der Waals surface area contributed by atoms with Gasteiger partial charge in [-0.15, -0.1) is 0 Å². The molecule has 0 aliphatic heterocycles. The summed E-state index contributed by atoms with van der Waals surface area (Å²) >= 11 is 0. The molecule has 1 heterocycles. The van der Waals surface area contributed by atoms with Crippen molar-refractivity contribution in [1.29, 1.82) is 0 Å². The first-order valence-electron chi connectivity index (χ1n) is 7.81. The van der Waals surface area contributed by atoms with Crippen LogP contribution in [0.1, 0.15) is 0 Å². The van der Waals surface area contributed by atoms with Crippen LogP contribution in [0.5, 0.6) is 11.5 Å². The van der Waals surface area contributed by atoms with E-state index >= 15 is 0 Å². The normalized spacial score (nSPS) is 10.9. The number of nitrogens with one attached hydrogen (secondary N) is 1. The summed E-state index contributed by atoms with van der Waals surface area (Å²) in [6.07, 6.45) is 0. The molecular weight excluding hydrogens is 298 g/mol. The molecule has 1 aromatic heterocycles. The first kappa shape index (κ1) is 14.4. The summed E-state index contributed by atoms with van der Waals surface area (Å²) in [6.45, 7) is 0. The van der Waals surface area contributed by atoms with Gasteiger partial charge in [-0.25, -0.2) is 0 Å². The molecule has 0 aliphatic carbocycles. The summed E-state index contributed by atoms with van der Waals surface area (Å²) in [4.78, 5) is 3.51. The zero-order chi connectivity index (χ0) is 16.5. The molecular formula is C21H17NO2. The number of aromatic amines is 1. The quantitative estimate of drug-likeness (QED) is 0.544. The van der Waals surface area contributed by atoms with E-state index < -0.39 is 0 Å². The van der Waals surface area contributed by atoms with E-state index in [0.717, 1.165) is 33.7 Å². The first-order valence-corrected chi connectivity index (χ1v) is 7.81. The van der Waals surface area contributed by atoms with E-state index in [0.29, 0.717) is 0 Å². The van der Waals surface area contributed by atoms with Crippen LogP contribution in [0.3, 0.4) is 0 Å². The van der Waals surface area contributed by atoms with Gasteiger partial charge in [0.05, 0.1) is 12.8 Å². The van der Waals surface area contributed by atoms with E-state index in [2.05, 4.69) is 29.2 Å². The lowest BCUT2D eigenvalue weighted by atomic mass is 9.98. The second kappa shape index (κ2) is 5.78. The van der Waals surface area contributed by atoms with Crippen molar-refractivity contribution in [3.8, 4) is 33.9 Å². The van der Waals surface area contributed by atoms with Gasteiger partial charge in [0.25, 0.3) is 0 Å². The number of aromatic hydroxyl groups is 1. The van der Waals surface area contributed by atoms with Crippen LogP contribution in [-0.2, 0) is 0 Å². The van der Waals surface area contributed by atoms with E-state index in [1.54, 1.807) is 19.2 Å². The molecule has 0 atom stereocenters. The second-order valence-electron chi connectivity index (χ2n) is 5.70. The van der Waals surface area contributed by atoms with Gasteiger partial charge in [0.2, 0.25) is 0 Å². The number of phenols is 1. The minimum atomic E-state index is 0.265. The molecule has 4 rings (SSSR count). The van der Waals surface area contributed by atoms with E-state index in [9.17, 15) is 5.11 Å². The number of ether oxygens (including phenoxy) is 1. The highest BCUT2D eigenvalue weighted by atomic mass is 16.5. The highest BCUT2D eigenvalue weighted by Gasteiger charge is 2.14. The van der Waals surface area contributed by atoms with Crippen LogP contribution in [0.15, 0.2) is 72.8 Å². The highest BCUT2D eigenvalue weighted by molar-refractivity contribution is 6.03. The Balaban J connectivity index is 1.97. The molecule has 0 fully saturated rings. The van der Waals surface area contributed by atoms with Gasteiger partial charge in [-0.2, -0.15) is 0 Å². The fraction of sp³-hybridized carbons (Fsp3) is 0.0476. The average molecular weight is 315 g/mol. The SMILES string of the molecule is COc1ccc(-c2c(-c3ccc(O)cc3)[nH]c3ccccc23)cc1. The molecule has 0 saturated heterocycles. The zero-order valence-electron chi connectivity index (χ0n) is 13.3. The van der Waals surface area contributed by atoms with Crippen molar-refractivity contribution in [2.75, 3.05) is 7.11 Å². The van der Waals surface area contributed by atoms with E-state index in [-0.39, 0.29) is 5.75 Å². The molecule has 118 valence electrons. The minimum absolute atomic E-state index is 0.265. The van der Waals surface area contributed by atoms with Crippen LogP contribution >= 0.6 is 0 Å². The van der Waals surface area contributed by atoms with Crippen molar-refractivity contribution < 1.29 is 9.84 Å². The van der Waals surface area contributed by atoms with Gasteiger partial charge in [0.1, 0.15) is 11.5 Å². The molecule has 0 saturated carbocycles. The largest absolute Gasteiger partial charge is 0.508 e. The molecule has 3 nitrogen and oxygen atoms in total. The topological polar surface area (TPSA) is 45.2 Å². The lowest BCUT2D eigenvalue weighted by Crippen LogP contribution is -1.85. The number of rotatable bonds is 3. The number of benzene rings is 3. The van der Waals surface area contributed by atoms with Crippen LogP contribution in [0, 0.1) is 0 Å². The number of para-hydroxylation sites is 1. The smallest absolute Gasteiger partial charge is 0.118 e. The van der Waals surface area contributed by atoms with Crippen molar-refractivity contribution in [3.05, 3.63) is 72.8 Å². The standard InChI is InChI=1S/C21H17NO2/c1-24-17-12-8-14(9-13-17)20-18-4-2-3-5-19(18)22-21(20)15-6-10-16(23)11-7-15/h2-13,22-23H,1H3. The number of H-pyrrole nitrogens is 1. The Hall–Kier alpha value is -3.20. The van der Waals surface area contributed by atoms with Crippen LogP contribution in [0.25, 0.3) is 33.3 Å². The predicted octanol–water partition coefficient (Wildman–Crippen LogP) is 5.22. The van der Waals surface area contributed by atoms with Crippen LogP contribution in [-0.4, -0.2) is 17.2 Å². The van der Waals surface area contributed by atoms with Crippen LogP contribution in [0.4, 0.5) is 0 Å². The molecule has 0 aliphatic rings. The maximum atomic E-state index is 9.56. The maximum Gasteiger partial charge on any atom is 0.118 e. The van der Waals surface area contributed by atoms with Crippen molar-refractivity contribution in [1.82, 2.24) is 4.98 Å². The van der Waals surface area contributed by atoms with Gasteiger partial charge < -0.3 is 14.8 Å². The first-order chi connectivity index (χ1) is 11.8. The summed E-state index contributed by atoms with van der Waals surface area (Å²) in [7, 11) is 1.67. The van der Waals surface area contributed by atoms with E-state index in [1.807, 2.05) is 36.4 Å². The summed E-state index contributed by atoms with van der Waals surface area (Å²) < 4.78 is 5.27. The molecule has 24 heavy (non-hydrogen) atoms. The Morgan fingerprint density at radius 1 is 0.792 bits per heavy atom. The average Bonchev–Trinajstić information content (AvgIpc) is 3.02. The predicted molar refractivity (Wildman–Crippen MR) is 97.4 cm³/mol. The van der Waals surface area contributed by atoms with Crippen molar-refractivity contribution in [2.24, 2.45) is 0 Å². The third kappa shape index (κ3) is 2.40. The number of fused-ring (bicyclic) bond motifs is 1. The van der Waals surface area contributed by atoms with E-state index in [4.69, 9.17) is 4.74 Å². The van der Waals surface area contributed by atoms with Gasteiger partial charge >= 0.3 is 0 Å². The van der Waals surface area contributed by atoms with Crippen molar-refractivity contribution in [3.63, 3.8) is 0 Å². The van der Waals surface area contributed by atoms with E-state index in [1.165, 1.54) is 5.39 Å². The summed E-state index contributed by atoms with van der Waals surface area (Å²) in [5, 5.41) is 10.7. The lowest BCUT2D eigenvalue weighted by Gasteiger charge is -2.07. The third-order valence-corrected chi connectivity index (χ3v) is 4.24. The van der Waals surface area contributed by atoms with Gasteiger partial charge in [-0.1, -0.05) is 30.3 Å². The fourth-order valence-corrected chi connectivity index (χ4v) is 3.04. The van der Waals surface area contributed by atoms with Crippen molar-refractivity contribution in [2.45, 2.75) is 0 Å². The molecule has 0 amide bonds. The monoisotopic (exact) mass is 315 g/mol. The Kier molecular flexibility index (Phi) is 3.47. The van der Waals surface area contributed by atoms with Crippen LogP contribution < -0.4 is 4.74 Å². The number of methoxy groups -OCH3 is 1. The number of phenolic OH excluding ortho intramolecular Hbond substituents is 1. The highest BCUT2D eigenvalue weighted by Crippen LogP contribution is 2.39. The second-order valence-corrected chi connectivity index (χ2v) is 5.70. The Labute approximate surface area is 140 Å². The Morgan fingerprint density at radius 2 is 1.46 bits per heavy atom. The molecule has 2 N–H and O–H groups in total. The van der Waals surface area contributed by atoms with Gasteiger partial charge in [0, 0.05) is 16.5 Å². The number of aromatic nitrogens is 1. The number of hydrogen-bond donors (Lipinski definition) is 2. The molecule has 0 unspecified atom stereocenters. The van der Waals surface area contributed by atoms with Gasteiger partial charge in [0.15, 0.2) is 0 Å². The van der Waals surface area contributed by atoms with Crippen LogP contribution in [0.2, 0.25) is 0 Å². The molecule has 3 aromatic carbocycles. The zero-order valence-corrected chi connectivity index (χ0v) is 13.3. The molecule has 0 spiro atoms. The lowest BCUT2D eigenvalue weighted by molar-refractivity contribution is 0.415. The molecule has 3 heteroatoms. The maximum absolute atomic E-state index is 9.56.